The van der Waals surface area contributed by atoms with Crippen molar-refractivity contribution in [3.8, 4) is 0 Å². The Balaban J connectivity index is 2.36. The second kappa shape index (κ2) is 6.19. The second-order valence-electron chi connectivity index (χ2n) is 6.15. The molecule has 1 saturated carbocycles. The first-order chi connectivity index (χ1) is 9.48. The molecule has 4 nitrogen and oxygen atoms in total. The lowest BCUT2D eigenvalue weighted by molar-refractivity contribution is -0.0882. The molecule has 20 heavy (non-hydrogen) atoms. The second-order valence-corrected chi connectivity index (χ2v) is 6.15. The van der Waals surface area contributed by atoms with Crippen LogP contribution in [0.4, 0.5) is 0 Å². The molecule has 0 radical (unpaired) electrons. The summed E-state index contributed by atoms with van der Waals surface area (Å²) in [4.78, 5) is 9.32. The van der Waals surface area contributed by atoms with E-state index in [-0.39, 0.29) is 11.6 Å². The smallest absolute Gasteiger partial charge is 0.160 e. The Labute approximate surface area is 122 Å². The van der Waals surface area contributed by atoms with Crippen molar-refractivity contribution < 1.29 is 4.74 Å². The summed E-state index contributed by atoms with van der Waals surface area (Å²) in [5.74, 6) is 1.50. The van der Waals surface area contributed by atoms with Crippen LogP contribution in [0, 0.1) is 12.8 Å². The lowest BCUT2D eigenvalue weighted by Gasteiger charge is -2.38. The summed E-state index contributed by atoms with van der Waals surface area (Å²) in [5, 5.41) is 0. The lowest BCUT2D eigenvalue weighted by atomic mass is 9.78. The number of aromatic nitrogens is 2. The van der Waals surface area contributed by atoms with Crippen LogP contribution < -0.4 is 5.73 Å². The van der Waals surface area contributed by atoms with Gasteiger partial charge in [-0.1, -0.05) is 13.3 Å². The van der Waals surface area contributed by atoms with E-state index in [0.717, 1.165) is 29.9 Å². The number of nitrogens with zero attached hydrogens (tertiary/aromatic N) is 2. The lowest BCUT2D eigenvalue weighted by Crippen LogP contribution is -2.37. The average Bonchev–Trinajstić information content (AvgIpc) is 2.38. The molecule has 2 N–H and O–H groups in total. The molecule has 0 saturated heterocycles. The number of hydrogen-bond donors (Lipinski definition) is 1. The Morgan fingerprint density at radius 1 is 1.55 bits per heavy atom. The van der Waals surface area contributed by atoms with Crippen molar-refractivity contribution in [2.45, 2.75) is 65.0 Å². The summed E-state index contributed by atoms with van der Waals surface area (Å²) in [6.45, 7) is 9.01. The summed E-state index contributed by atoms with van der Waals surface area (Å²) in [6.07, 6.45) is 6.35. The summed E-state index contributed by atoms with van der Waals surface area (Å²) in [5.41, 5.74) is 7.64. The Morgan fingerprint density at radius 2 is 2.30 bits per heavy atom. The Hall–Kier alpha value is -1.00. The Morgan fingerprint density at radius 3 is 2.85 bits per heavy atom. The van der Waals surface area contributed by atoms with Crippen LogP contribution in [0.15, 0.2) is 6.20 Å². The molecule has 2 rings (SSSR count). The number of aryl methyl sites for hydroxylation is 1. The van der Waals surface area contributed by atoms with Gasteiger partial charge in [0.15, 0.2) is 5.82 Å². The first-order valence-corrected chi connectivity index (χ1v) is 7.72. The van der Waals surface area contributed by atoms with Crippen LogP contribution in [0.5, 0.6) is 0 Å². The third kappa shape index (κ3) is 3.01. The molecule has 1 fully saturated rings. The molecular formula is C16H27N3O. The summed E-state index contributed by atoms with van der Waals surface area (Å²) in [6, 6.07) is -0.0302. The van der Waals surface area contributed by atoms with Crippen molar-refractivity contribution >= 4 is 0 Å². The minimum atomic E-state index is -0.298. The molecule has 3 atom stereocenters. The average molecular weight is 277 g/mol. The van der Waals surface area contributed by atoms with Crippen molar-refractivity contribution in [1.29, 1.82) is 0 Å². The number of ether oxygens (including phenoxy) is 1. The SMILES string of the molecule is CCOC1(c2ncc(C(C)N)c(C)n2)CCCC(C)C1. The molecule has 112 valence electrons. The molecule has 4 heteroatoms. The van der Waals surface area contributed by atoms with Gasteiger partial charge in [-0.05, 0) is 46.0 Å². The molecule has 1 aliphatic carbocycles. The number of hydrogen-bond acceptors (Lipinski definition) is 4. The highest BCUT2D eigenvalue weighted by molar-refractivity contribution is 5.21. The molecule has 0 spiro atoms. The zero-order valence-corrected chi connectivity index (χ0v) is 13.1. The number of rotatable bonds is 4. The highest BCUT2D eigenvalue weighted by atomic mass is 16.5. The van der Waals surface area contributed by atoms with Gasteiger partial charge in [0.05, 0.1) is 0 Å². The quantitative estimate of drug-likeness (QED) is 0.917. The van der Waals surface area contributed by atoms with E-state index < -0.39 is 0 Å². The zero-order chi connectivity index (χ0) is 14.8. The van der Waals surface area contributed by atoms with Gasteiger partial charge in [0.2, 0.25) is 0 Å². The fourth-order valence-corrected chi connectivity index (χ4v) is 3.32. The van der Waals surface area contributed by atoms with Gasteiger partial charge >= 0.3 is 0 Å². The highest BCUT2D eigenvalue weighted by Gasteiger charge is 2.40. The van der Waals surface area contributed by atoms with Crippen molar-refractivity contribution in [3.63, 3.8) is 0 Å². The minimum Gasteiger partial charge on any atom is -0.367 e. The largest absolute Gasteiger partial charge is 0.367 e. The van der Waals surface area contributed by atoms with Crippen molar-refractivity contribution in [2.24, 2.45) is 11.7 Å². The maximum atomic E-state index is 6.13. The molecular weight excluding hydrogens is 250 g/mol. The van der Waals surface area contributed by atoms with Crippen LogP contribution >= 0.6 is 0 Å². The summed E-state index contributed by atoms with van der Waals surface area (Å²) >= 11 is 0. The van der Waals surface area contributed by atoms with E-state index in [0.29, 0.717) is 12.5 Å². The van der Waals surface area contributed by atoms with Gasteiger partial charge in [-0.15, -0.1) is 0 Å². The maximum absolute atomic E-state index is 6.13. The van der Waals surface area contributed by atoms with Crippen LogP contribution in [0.2, 0.25) is 0 Å². The molecule has 1 heterocycles. The van der Waals surface area contributed by atoms with E-state index in [1.807, 2.05) is 27.0 Å². The first-order valence-electron chi connectivity index (χ1n) is 7.72. The molecule has 0 amide bonds. The van der Waals surface area contributed by atoms with Gasteiger partial charge in [0, 0.05) is 30.1 Å². The molecule has 3 unspecified atom stereocenters. The predicted octanol–water partition coefficient (Wildman–Crippen LogP) is 3.25. The van der Waals surface area contributed by atoms with Crippen molar-refractivity contribution in [3.05, 3.63) is 23.3 Å². The van der Waals surface area contributed by atoms with Gasteiger partial charge in [0.1, 0.15) is 5.60 Å². The van der Waals surface area contributed by atoms with Gasteiger partial charge in [-0.3, -0.25) is 0 Å². The minimum absolute atomic E-state index is 0.0302. The molecule has 1 aliphatic rings. The van der Waals surface area contributed by atoms with Crippen LogP contribution in [-0.2, 0) is 10.3 Å². The maximum Gasteiger partial charge on any atom is 0.160 e. The van der Waals surface area contributed by atoms with E-state index in [9.17, 15) is 0 Å². The van der Waals surface area contributed by atoms with Crippen molar-refractivity contribution in [2.75, 3.05) is 6.61 Å². The van der Waals surface area contributed by atoms with Gasteiger partial charge in [0.25, 0.3) is 0 Å². The van der Waals surface area contributed by atoms with E-state index in [2.05, 4.69) is 11.9 Å². The van der Waals surface area contributed by atoms with Gasteiger partial charge in [-0.2, -0.15) is 0 Å². The number of nitrogens with two attached hydrogens (primary N) is 1. The van der Waals surface area contributed by atoms with E-state index in [1.165, 1.54) is 12.8 Å². The van der Waals surface area contributed by atoms with E-state index in [4.69, 9.17) is 15.5 Å². The van der Waals surface area contributed by atoms with E-state index in [1.54, 1.807) is 0 Å². The third-order valence-electron chi connectivity index (χ3n) is 4.29. The van der Waals surface area contributed by atoms with Crippen LogP contribution in [-0.4, -0.2) is 16.6 Å². The van der Waals surface area contributed by atoms with Crippen molar-refractivity contribution in [1.82, 2.24) is 9.97 Å². The van der Waals surface area contributed by atoms with Gasteiger partial charge in [-0.25, -0.2) is 9.97 Å². The summed E-state index contributed by atoms with van der Waals surface area (Å²) < 4.78 is 6.13. The molecule has 0 aromatic carbocycles. The van der Waals surface area contributed by atoms with E-state index >= 15 is 0 Å². The normalized spacial score (nSPS) is 28.4. The van der Waals surface area contributed by atoms with Crippen LogP contribution in [0.25, 0.3) is 0 Å². The fourth-order valence-electron chi connectivity index (χ4n) is 3.32. The molecule has 1 aromatic heterocycles. The third-order valence-corrected chi connectivity index (χ3v) is 4.29. The monoisotopic (exact) mass is 277 g/mol. The zero-order valence-electron chi connectivity index (χ0n) is 13.1. The molecule has 0 bridgehead atoms. The Kier molecular flexibility index (Phi) is 4.76. The Bertz CT molecular complexity index is 457. The van der Waals surface area contributed by atoms with Gasteiger partial charge < -0.3 is 10.5 Å². The first kappa shape index (κ1) is 15.4. The topological polar surface area (TPSA) is 61.0 Å². The predicted molar refractivity (Wildman–Crippen MR) is 80.3 cm³/mol. The van der Waals surface area contributed by atoms with Crippen LogP contribution in [0.3, 0.4) is 0 Å². The summed E-state index contributed by atoms with van der Waals surface area (Å²) in [7, 11) is 0. The standard InChI is InChI=1S/C16H27N3O/c1-5-20-16(8-6-7-11(2)9-16)15-18-10-14(12(3)17)13(4)19-15/h10-12H,5-9,17H2,1-4H3. The highest BCUT2D eigenvalue weighted by Crippen LogP contribution is 2.41. The molecule has 1 aromatic rings. The van der Waals surface area contributed by atoms with Crippen LogP contribution in [0.1, 0.15) is 69.6 Å². The molecule has 0 aliphatic heterocycles. The fraction of sp³-hybridized carbons (Fsp3) is 0.750.